The third-order valence-electron chi connectivity index (χ3n) is 4.48. The number of aryl methyl sites for hydroxylation is 1. The summed E-state index contributed by atoms with van der Waals surface area (Å²) in [5, 5.41) is 14.2. The van der Waals surface area contributed by atoms with Crippen LogP contribution in [-0.4, -0.2) is 50.6 Å². The molecule has 1 atom stereocenters. The third kappa shape index (κ3) is 4.77. The Kier molecular flexibility index (Phi) is 6.94. The Morgan fingerprint density at radius 2 is 1.71 bits per heavy atom. The van der Waals surface area contributed by atoms with E-state index in [0.717, 1.165) is 11.1 Å². The zero-order valence-corrected chi connectivity index (χ0v) is 16.7. The Balaban J connectivity index is 2.27. The van der Waals surface area contributed by atoms with Gasteiger partial charge in [0.1, 0.15) is 5.56 Å². The summed E-state index contributed by atoms with van der Waals surface area (Å²) in [6.45, 7) is 2.30. The van der Waals surface area contributed by atoms with Crippen LogP contribution in [0.4, 0.5) is 5.69 Å². The summed E-state index contributed by atoms with van der Waals surface area (Å²) in [5.74, 6) is -0.107. The van der Waals surface area contributed by atoms with Crippen molar-refractivity contribution in [3.05, 3.63) is 63.2 Å². The number of carbonyl (C=O) groups is 1. The molecule has 0 fully saturated rings. The second kappa shape index (κ2) is 9.18. The number of hydrogen-bond donors (Lipinski definition) is 1. The normalized spacial score (nSPS) is 11.8. The summed E-state index contributed by atoms with van der Waals surface area (Å²) in [5.41, 5.74) is 1.76. The van der Waals surface area contributed by atoms with E-state index in [9.17, 15) is 14.9 Å². The number of benzene rings is 2. The van der Waals surface area contributed by atoms with E-state index in [1.807, 2.05) is 50.2 Å². The molecule has 0 heterocycles. The Morgan fingerprint density at radius 3 is 2.21 bits per heavy atom. The highest BCUT2D eigenvalue weighted by Gasteiger charge is 2.25. The Morgan fingerprint density at radius 1 is 1.14 bits per heavy atom. The predicted octanol–water partition coefficient (Wildman–Crippen LogP) is 2.95. The van der Waals surface area contributed by atoms with E-state index in [0.29, 0.717) is 6.54 Å². The van der Waals surface area contributed by atoms with Gasteiger partial charge in [0.25, 0.3) is 11.6 Å². The van der Waals surface area contributed by atoms with E-state index in [4.69, 9.17) is 9.47 Å². The molecule has 150 valence electrons. The fourth-order valence-electron chi connectivity index (χ4n) is 2.87. The van der Waals surface area contributed by atoms with Gasteiger partial charge in [-0.2, -0.15) is 0 Å². The molecule has 2 aromatic carbocycles. The summed E-state index contributed by atoms with van der Waals surface area (Å²) in [7, 11) is 6.61. The van der Waals surface area contributed by atoms with E-state index in [1.54, 1.807) is 0 Å². The molecular weight excluding hydrogens is 362 g/mol. The molecule has 0 spiro atoms. The molecule has 0 saturated heterocycles. The van der Waals surface area contributed by atoms with Gasteiger partial charge in [-0.1, -0.05) is 29.8 Å². The lowest BCUT2D eigenvalue weighted by Crippen LogP contribution is -2.34. The lowest BCUT2D eigenvalue weighted by molar-refractivity contribution is -0.385. The van der Waals surface area contributed by atoms with Crippen molar-refractivity contribution in [1.82, 2.24) is 10.2 Å². The Labute approximate surface area is 164 Å². The van der Waals surface area contributed by atoms with E-state index in [-0.39, 0.29) is 28.8 Å². The molecule has 8 heteroatoms. The van der Waals surface area contributed by atoms with Crippen LogP contribution in [0.1, 0.15) is 27.5 Å². The minimum atomic E-state index is -0.611. The quantitative estimate of drug-likeness (QED) is 0.553. The second-order valence-corrected chi connectivity index (χ2v) is 6.58. The largest absolute Gasteiger partial charge is 0.493 e. The molecular formula is C20H25N3O5. The molecule has 2 aromatic rings. The number of nitrogens with zero attached hydrogens (tertiary/aromatic N) is 2. The van der Waals surface area contributed by atoms with Crippen LogP contribution in [-0.2, 0) is 0 Å². The van der Waals surface area contributed by atoms with Crippen LogP contribution < -0.4 is 14.8 Å². The van der Waals surface area contributed by atoms with Crippen LogP contribution in [0.25, 0.3) is 0 Å². The predicted molar refractivity (Wildman–Crippen MR) is 106 cm³/mol. The first-order valence-electron chi connectivity index (χ1n) is 8.70. The molecule has 2 rings (SSSR count). The van der Waals surface area contributed by atoms with Gasteiger partial charge in [-0.25, -0.2) is 0 Å². The van der Waals surface area contributed by atoms with Crippen LogP contribution in [0.3, 0.4) is 0 Å². The summed E-state index contributed by atoms with van der Waals surface area (Å²) >= 11 is 0. The number of amides is 1. The molecule has 0 bridgehead atoms. The summed E-state index contributed by atoms with van der Waals surface area (Å²) in [6.07, 6.45) is 0. The molecule has 0 aromatic heterocycles. The van der Waals surface area contributed by atoms with Crippen molar-refractivity contribution >= 4 is 11.6 Å². The van der Waals surface area contributed by atoms with Gasteiger partial charge in [-0.05, 0) is 26.6 Å². The van der Waals surface area contributed by atoms with Gasteiger partial charge >= 0.3 is 0 Å². The molecule has 0 aliphatic heterocycles. The smallest absolute Gasteiger partial charge is 0.286 e. The number of nitrogens with one attached hydrogen (secondary N) is 1. The van der Waals surface area contributed by atoms with Crippen LogP contribution in [0.15, 0.2) is 36.4 Å². The van der Waals surface area contributed by atoms with Crippen LogP contribution in [0.2, 0.25) is 0 Å². The molecule has 8 nitrogen and oxygen atoms in total. The maximum absolute atomic E-state index is 12.7. The van der Waals surface area contributed by atoms with E-state index in [1.165, 1.54) is 26.4 Å². The second-order valence-electron chi connectivity index (χ2n) is 6.58. The maximum Gasteiger partial charge on any atom is 0.286 e. The average molecular weight is 387 g/mol. The number of likely N-dealkylation sites (N-methyl/N-ethyl adjacent to an activating group) is 1. The van der Waals surface area contributed by atoms with E-state index in [2.05, 4.69) is 5.32 Å². The van der Waals surface area contributed by atoms with Gasteiger partial charge in [0.2, 0.25) is 0 Å². The number of methoxy groups -OCH3 is 2. The molecule has 1 amide bonds. The van der Waals surface area contributed by atoms with Crippen molar-refractivity contribution in [2.24, 2.45) is 0 Å². The SMILES string of the molecule is COc1cc(C(=O)NCC(c2ccc(C)cc2)N(C)C)c([N+](=O)[O-])cc1OC. The highest BCUT2D eigenvalue weighted by molar-refractivity contribution is 5.99. The van der Waals surface area contributed by atoms with E-state index < -0.39 is 10.8 Å². The topological polar surface area (TPSA) is 93.9 Å². The van der Waals surface area contributed by atoms with Gasteiger partial charge in [0.05, 0.1) is 31.3 Å². The molecule has 0 aliphatic carbocycles. The minimum Gasteiger partial charge on any atom is -0.493 e. The molecule has 0 radical (unpaired) electrons. The lowest BCUT2D eigenvalue weighted by atomic mass is 10.0. The molecule has 0 aliphatic rings. The van der Waals surface area contributed by atoms with Gasteiger partial charge in [0, 0.05) is 12.6 Å². The number of nitro groups is 1. The first-order valence-corrected chi connectivity index (χ1v) is 8.70. The number of nitro benzene ring substituents is 1. The standard InChI is InChI=1S/C20H25N3O5/c1-13-6-8-14(9-7-13)17(22(2)3)12-21-20(24)15-10-18(27-4)19(28-5)11-16(15)23(25)26/h6-11,17H,12H2,1-5H3,(H,21,24). The number of hydrogen-bond acceptors (Lipinski definition) is 6. The number of carbonyl (C=O) groups excluding carboxylic acids is 1. The first-order chi connectivity index (χ1) is 13.3. The summed E-state index contributed by atoms with van der Waals surface area (Å²) < 4.78 is 10.3. The van der Waals surface area contributed by atoms with Gasteiger partial charge in [-0.15, -0.1) is 0 Å². The van der Waals surface area contributed by atoms with Crippen molar-refractivity contribution in [2.45, 2.75) is 13.0 Å². The number of rotatable bonds is 8. The van der Waals surface area contributed by atoms with Crippen LogP contribution in [0, 0.1) is 17.0 Å². The Bertz CT molecular complexity index is 850. The lowest BCUT2D eigenvalue weighted by Gasteiger charge is -2.25. The van der Waals surface area contributed by atoms with Crippen LogP contribution in [0.5, 0.6) is 11.5 Å². The molecule has 1 unspecified atom stereocenters. The summed E-state index contributed by atoms with van der Waals surface area (Å²) in [4.78, 5) is 25.5. The summed E-state index contributed by atoms with van der Waals surface area (Å²) in [6, 6.07) is 10.5. The fraction of sp³-hybridized carbons (Fsp3) is 0.350. The van der Waals surface area contributed by atoms with Gasteiger partial charge in [0.15, 0.2) is 11.5 Å². The minimum absolute atomic E-state index is 0.0796. The zero-order chi connectivity index (χ0) is 20.8. The molecule has 1 N–H and O–H groups in total. The van der Waals surface area contributed by atoms with Crippen molar-refractivity contribution in [3.8, 4) is 11.5 Å². The number of ether oxygens (including phenoxy) is 2. The zero-order valence-electron chi connectivity index (χ0n) is 16.7. The third-order valence-corrected chi connectivity index (χ3v) is 4.48. The van der Waals surface area contributed by atoms with Crippen molar-refractivity contribution in [3.63, 3.8) is 0 Å². The highest BCUT2D eigenvalue weighted by Crippen LogP contribution is 2.34. The van der Waals surface area contributed by atoms with Crippen molar-refractivity contribution in [1.29, 1.82) is 0 Å². The maximum atomic E-state index is 12.7. The van der Waals surface area contributed by atoms with Gasteiger partial charge < -0.3 is 19.7 Å². The van der Waals surface area contributed by atoms with Gasteiger partial charge in [-0.3, -0.25) is 14.9 Å². The fourth-order valence-corrected chi connectivity index (χ4v) is 2.87. The monoisotopic (exact) mass is 387 g/mol. The van der Waals surface area contributed by atoms with Crippen molar-refractivity contribution < 1.29 is 19.2 Å². The first kappa shape index (κ1) is 21.2. The highest BCUT2D eigenvalue weighted by atomic mass is 16.6. The average Bonchev–Trinajstić information content (AvgIpc) is 2.67. The molecule has 0 saturated carbocycles. The van der Waals surface area contributed by atoms with E-state index >= 15 is 0 Å². The molecule has 28 heavy (non-hydrogen) atoms. The van der Waals surface area contributed by atoms with Crippen molar-refractivity contribution in [2.75, 3.05) is 34.9 Å². The Hall–Kier alpha value is -3.13. The van der Waals surface area contributed by atoms with Crippen LogP contribution >= 0.6 is 0 Å².